The van der Waals surface area contributed by atoms with Crippen LogP contribution in [0.4, 0.5) is 0 Å². The molecular formula is C18H30N2S. The molecule has 2 nitrogen and oxygen atoms in total. The van der Waals surface area contributed by atoms with Crippen molar-refractivity contribution < 1.29 is 0 Å². The molecule has 4 bridgehead atoms. The minimum Gasteiger partial charge on any atom is -0.359 e. The van der Waals surface area contributed by atoms with Crippen molar-refractivity contribution in [2.45, 2.75) is 83.7 Å². The topological polar surface area (TPSA) is 24.4 Å². The van der Waals surface area contributed by atoms with E-state index in [4.69, 9.17) is 4.99 Å². The Morgan fingerprint density at radius 1 is 1.10 bits per heavy atom. The monoisotopic (exact) mass is 306 g/mol. The van der Waals surface area contributed by atoms with Crippen molar-refractivity contribution in [3.05, 3.63) is 0 Å². The molecule has 21 heavy (non-hydrogen) atoms. The molecule has 4 fully saturated rings. The molecular weight excluding hydrogens is 276 g/mol. The van der Waals surface area contributed by atoms with E-state index in [0.29, 0.717) is 16.4 Å². The lowest BCUT2D eigenvalue weighted by atomic mass is 9.43. The third kappa shape index (κ3) is 2.34. The summed E-state index contributed by atoms with van der Waals surface area (Å²) in [6.07, 6.45) is 9.67. The Hall–Kier alpha value is -0.180. The highest BCUT2D eigenvalue weighted by Crippen LogP contribution is 2.66. The Balaban J connectivity index is 1.59. The highest BCUT2D eigenvalue weighted by Gasteiger charge is 2.60. The summed E-state index contributed by atoms with van der Waals surface area (Å²) in [5.74, 6) is 2.10. The van der Waals surface area contributed by atoms with Crippen molar-refractivity contribution in [3.63, 3.8) is 0 Å². The number of aliphatic imine (C=N–C) groups is 1. The first-order valence-electron chi connectivity index (χ1n) is 8.76. The maximum Gasteiger partial charge on any atom is 0.157 e. The molecule has 0 amide bonds. The second kappa shape index (κ2) is 4.21. The van der Waals surface area contributed by atoms with Crippen LogP contribution in [0.15, 0.2) is 4.99 Å². The minimum atomic E-state index is 0.170. The van der Waals surface area contributed by atoms with Gasteiger partial charge in [0.1, 0.15) is 0 Å². The van der Waals surface area contributed by atoms with Crippen LogP contribution >= 0.6 is 11.8 Å². The number of rotatable bonds is 2. The molecule has 0 radical (unpaired) electrons. The minimum absolute atomic E-state index is 0.170. The molecule has 1 N–H and O–H groups in total. The Morgan fingerprint density at radius 2 is 1.76 bits per heavy atom. The molecule has 4 aliphatic carbocycles. The van der Waals surface area contributed by atoms with Crippen molar-refractivity contribution in [2.75, 3.05) is 5.75 Å². The maximum absolute atomic E-state index is 5.03. The third-order valence-electron chi connectivity index (χ3n) is 6.65. The lowest BCUT2D eigenvalue weighted by molar-refractivity contribution is -0.111. The Morgan fingerprint density at radius 3 is 2.29 bits per heavy atom. The van der Waals surface area contributed by atoms with E-state index in [9.17, 15) is 0 Å². The number of hydrogen-bond acceptors (Lipinski definition) is 3. The van der Waals surface area contributed by atoms with Gasteiger partial charge in [-0.1, -0.05) is 32.5 Å². The molecule has 0 aromatic rings. The molecule has 1 heterocycles. The zero-order valence-corrected chi connectivity index (χ0v) is 14.9. The second-order valence-electron chi connectivity index (χ2n) is 9.59. The standard InChI is InChI=1S/C18H30N2S/c1-5-17(4)12-21-14(19-17)20-18-8-13-6-15(2,10-18)9-16(3,7-13)11-18/h13H,5-12H2,1-4H3,(H,19,20). The fourth-order valence-electron chi connectivity index (χ4n) is 6.59. The van der Waals surface area contributed by atoms with Gasteiger partial charge in [-0.2, -0.15) is 0 Å². The van der Waals surface area contributed by atoms with Crippen molar-refractivity contribution in [3.8, 4) is 0 Å². The van der Waals surface area contributed by atoms with E-state index < -0.39 is 0 Å². The highest BCUT2D eigenvalue weighted by atomic mass is 32.2. The van der Waals surface area contributed by atoms with Gasteiger partial charge in [-0.3, -0.25) is 4.99 Å². The van der Waals surface area contributed by atoms with Gasteiger partial charge in [0.25, 0.3) is 0 Å². The van der Waals surface area contributed by atoms with Gasteiger partial charge in [0.2, 0.25) is 0 Å². The molecule has 3 unspecified atom stereocenters. The Bertz CT molecular complexity index is 481. The van der Waals surface area contributed by atoms with Gasteiger partial charge in [0.15, 0.2) is 5.17 Å². The van der Waals surface area contributed by atoms with E-state index in [0.717, 1.165) is 18.1 Å². The van der Waals surface area contributed by atoms with Gasteiger partial charge in [-0.05, 0) is 68.6 Å². The van der Waals surface area contributed by atoms with Gasteiger partial charge in [0.05, 0.1) is 5.54 Å². The van der Waals surface area contributed by atoms with Crippen LogP contribution < -0.4 is 5.32 Å². The molecule has 3 heteroatoms. The summed E-state index contributed by atoms with van der Waals surface area (Å²) in [5, 5.41) is 5.22. The Labute approximate surface area is 133 Å². The van der Waals surface area contributed by atoms with Gasteiger partial charge < -0.3 is 5.32 Å². The first kappa shape index (κ1) is 14.4. The lowest BCUT2D eigenvalue weighted by Gasteiger charge is -2.65. The van der Waals surface area contributed by atoms with Crippen LogP contribution in [0.5, 0.6) is 0 Å². The van der Waals surface area contributed by atoms with E-state index in [1.807, 2.05) is 11.8 Å². The van der Waals surface area contributed by atoms with E-state index in [2.05, 4.69) is 33.0 Å². The van der Waals surface area contributed by atoms with Crippen molar-refractivity contribution in [2.24, 2.45) is 21.7 Å². The largest absolute Gasteiger partial charge is 0.359 e. The average molecular weight is 307 g/mol. The summed E-state index contributed by atoms with van der Waals surface area (Å²) >= 11 is 1.96. The quantitative estimate of drug-likeness (QED) is 0.806. The molecule has 118 valence electrons. The van der Waals surface area contributed by atoms with Crippen LogP contribution in [0.25, 0.3) is 0 Å². The number of nitrogens with one attached hydrogen (secondary N) is 1. The smallest absolute Gasteiger partial charge is 0.157 e. The van der Waals surface area contributed by atoms with Crippen LogP contribution in [0.2, 0.25) is 0 Å². The Kier molecular flexibility index (Phi) is 2.89. The highest BCUT2D eigenvalue weighted by molar-refractivity contribution is 8.14. The fourth-order valence-corrected chi connectivity index (χ4v) is 7.88. The van der Waals surface area contributed by atoms with Crippen LogP contribution in [0, 0.1) is 16.7 Å². The van der Waals surface area contributed by atoms with E-state index in [-0.39, 0.29) is 5.54 Å². The molecule has 5 rings (SSSR count). The predicted molar refractivity (Wildman–Crippen MR) is 91.9 cm³/mol. The number of amidine groups is 1. The van der Waals surface area contributed by atoms with E-state index in [1.165, 1.54) is 43.7 Å². The van der Waals surface area contributed by atoms with Gasteiger partial charge >= 0.3 is 0 Å². The average Bonchev–Trinajstić information content (AvgIpc) is 2.66. The molecule has 4 saturated carbocycles. The molecule has 5 aliphatic rings. The van der Waals surface area contributed by atoms with Crippen LogP contribution in [0.3, 0.4) is 0 Å². The second-order valence-corrected chi connectivity index (χ2v) is 10.6. The predicted octanol–water partition coefficient (Wildman–Crippen LogP) is 4.60. The third-order valence-corrected chi connectivity index (χ3v) is 7.88. The lowest BCUT2D eigenvalue weighted by Crippen LogP contribution is -2.64. The summed E-state index contributed by atoms with van der Waals surface area (Å²) in [7, 11) is 0. The normalized spacial score (nSPS) is 54.9. The van der Waals surface area contributed by atoms with E-state index in [1.54, 1.807) is 0 Å². The van der Waals surface area contributed by atoms with Crippen molar-refractivity contribution in [1.29, 1.82) is 0 Å². The number of thioether (sulfide) groups is 1. The van der Waals surface area contributed by atoms with Crippen LogP contribution in [0.1, 0.15) is 72.6 Å². The molecule has 0 spiro atoms. The summed E-state index contributed by atoms with van der Waals surface area (Å²) < 4.78 is 0. The first-order chi connectivity index (χ1) is 9.75. The number of hydrogen-bond donors (Lipinski definition) is 1. The molecule has 0 aromatic carbocycles. The van der Waals surface area contributed by atoms with Crippen molar-refractivity contribution in [1.82, 2.24) is 5.32 Å². The van der Waals surface area contributed by atoms with Crippen LogP contribution in [-0.4, -0.2) is 22.0 Å². The zero-order chi connectivity index (χ0) is 14.9. The summed E-state index contributed by atoms with van der Waals surface area (Å²) in [5.41, 5.74) is 1.69. The molecule has 0 aromatic heterocycles. The zero-order valence-electron chi connectivity index (χ0n) is 14.1. The first-order valence-corrected chi connectivity index (χ1v) is 9.75. The van der Waals surface area contributed by atoms with Gasteiger partial charge in [0, 0.05) is 11.3 Å². The van der Waals surface area contributed by atoms with Crippen LogP contribution in [-0.2, 0) is 0 Å². The van der Waals surface area contributed by atoms with Crippen molar-refractivity contribution >= 4 is 16.9 Å². The number of nitrogens with zero attached hydrogens (tertiary/aromatic N) is 1. The summed E-state index contributed by atoms with van der Waals surface area (Å²) in [6, 6.07) is 0. The molecule has 0 saturated heterocycles. The molecule has 1 aliphatic heterocycles. The van der Waals surface area contributed by atoms with E-state index >= 15 is 0 Å². The van der Waals surface area contributed by atoms with Gasteiger partial charge in [-0.25, -0.2) is 0 Å². The maximum atomic E-state index is 5.03. The fraction of sp³-hybridized carbons (Fsp3) is 0.944. The van der Waals surface area contributed by atoms with Gasteiger partial charge in [-0.15, -0.1) is 0 Å². The molecule has 3 atom stereocenters. The SMILES string of the molecule is CCC1(C)CSC(NC23CC4CC(C)(CC(C)(C4)C2)C3)=N1. The summed E-state index contributed by atoms with van der Waals surface area (Å²) in [4.78, 5) is 5.03. The summed E-state index contributed by atoms with van der Waals surface area (Å²) in [6.45, 7) is 9.66.